The Morgan fingerprint density at radius 3 is 2.45 bits per heavy atom. The van der Waals surface area contributed by atoms with E-state index in [4.69, 9.17) is 4.55 Å². The Hall–Kier alpha value is -2.62. The summed E-state index contributed by atoms with van der Waals surface area (Å²) in [7, 11) is -5.25. The maximum absolute atomic E-state index is 13.9. The second-order valence-corrected chi connectivity index (χ2v) is 10.1. The predicted molar refractivity (Wildman–Crippen MR) is 120 cm³/mol. The number of hydrogen-bond donors (Lipinski definition) is 2. The molecule has 164 valence electrons. The molecule has 2 aromatic rings. The van der Waals surface area contributed by atoms with E-state index in [1.807, 2.05) is 25.1 Å². The summed E-state index contributed by atoms with van der Waals surface area (Å²) in [6, 6.07) is 11.7. The Morgan fingerprint density at radius 1 is 1.16 bits per heavy atom. The molecule has 1 aliphatic carbocycles. The number of benzene rings is 2. The molecular formula is C22H22FNO5S2. The van der Waals surface area contributed by atoms with Crippen LogP contribution in [0.1, 0.15) is 30.0 Å². The van der Waals surface area contributed by atoms with Crippen LogP contribution < -0.4 is 5.32 Å². The Morgan fingerprint density at radius 2 is 1.84 bits per heavy atom. The average Bonchev–Trinajstić information content (AvgIpc) is 2.92. The first-order valence-electron chi connectivity index (χ1n) is 9.42. The zero-order chi connectivity index (χ0) is 22.8. The summed E-state index contributed by atoms with van der Waals surface area (Å²) in [6.45, 7) is 1.63. The molecule has 1 atom stereocenters. The smallest absolute Gasteiger partial charge is 0.266 e. The monoisotopic (exact) mass is 463 g/mol. The van der Waals surface area contributed by atoms with Crippen molar-refractivity contribution in [2.24, 2.45) is 0 Å². The topological polar surface area (TPSA) is 101 Å². The van der Waals surface area contributed by atoms with Gasteiger partial charge in [0.2, 0.25) is 5.91 Å². The van der Waals surface area contributed by atoms with Crippen LogP contribution in [0, 0.1) is 5.82 Å². The number of rotatable bonds is 7. The maximum Gasteiger partial charge on any atom is 0.266 e. The lowest BCUT2D eigenvalue weighted by Crippen LogP contribution is -2.28. The van der Waals surface area contributed by atoms with E-state index >= 15 is 0 Å². The molecular weight excluding hydrogens is 441 g/mol. The third-order valence-electron chi connectivity index (χ3n) is 5.00. The van der Waals surface area contributed by atoms with Crippen LogP contribution in [0.2, 0.25) is 0 Å². The van der Waals surface area contributed by atoms with Crippen LogP contribution >= 0.6 is 0 Å². The van der Waals surface area contributed by atoms with Crippen molar-refractivity contribution in [1.29, 1.82) is 0 Å². The average molecular weight is 464 g/mol. The molecule has 2 N–H and O–H groups in total. The van der Waals surface area contributed by atoms with Gasteiger partial charge in [-0.1, -0.05) is 18.2 Å². The maximum atomic E-state index is 13.9. The molecule has 0 bridgehead atoms. The number of fused-ring (bicyclic) bond motifs is 1. The molecule has 6 nitrogen and oxygen atoms in total. The molecule has 0 aliphatic heterocycles. The fourth-order valence-electron chi connectivity index (χ4n) is 3.45. The van der Waals surface area contributed by atoms with Crippen molar-refractivity contribution >= 4 is 44.0 Å². The number of hydrogen-bond acceptors (Lipinski definition) is 4. The summed E-state index contributed by atoms with van der Waals surface area (Å²) >= 11 is 0. The molecule has 0 radical (unpaired) electrons. The van der Waals surface area contributed by atoms with Gasteiger partial charge in [0.05, 0.1) is 12.2 Å². The number of carbonyl (C=O) groups is 1. The number of halogens is 1. The molecule has 1 amide bonds. The Bertz CT molecular complexity index is 1210. The highest BCUT2D eigenvalue weighted by Crippen LogP contribution is 2.43. The highest BCUT2D eigenvalue weighted by atomic mass is 32.2. The van der Waals surface area contributed by atoms with Crippen molar-refractivity contribution in [3.05, 3.63) is 70.5 Å². The second-order valence-electron chi connectivity index (χ2n) is 7.19. The first-order valence-corrected chi connectivity index (χ1v) is 12.6. The quantitative estimate of drug-likeness (QED) is 0.614. The minimum atomic E-state index is -4.17. The molecule has 0 aromatic heterocycles. The lowest BCUT2D eigenvalue weighted by Gasteiger charge is -2.07. The van der Waals surface area contributed by atoms with Gasteiger partial charge in [-0.25, -0.2) is 4.39 Å². The standard InChI is InChI=1S/C22H22FNO5S2/c1-14-19(11-15-3-6-17(7-4-15)30(2)26)18-8-5-16(23)12-21(18)20(14)13-22(25)24-9-10-31(27,28)29/h3-8,11-12H,9-10,13H2,1-2H3,(H,24,25)(H,27,28,29)/b19-11+. The summed E-state index contributed by atoms with van der Waals surface area (Å²) in [4.78, 5) is 13.0. The van der Waals surface area contributed by atoms with Crippen LogP contribution in [0.3, 0.4) is 0 Å². The summed E-state index contributed by atoms with van der Waals surface area (Å²) in [5, 5.41) is 2.46. The van der Waals surface area contributed by atoms with Gasteiger partial charge < -0.3 is 5.32 Å². The first-order chi connectivity index (χ1) is 14.5. The van der Waals surface area contributed by atoms with Crippen molar-refractivity contribution in [3.63, 3.8) is 0 Å². The zero-order valence-electron chi connectivity index (χ0n) is 17.0. The van der Waals surface area contributed by atoms with Gasteiger partial charge in [-0.15, -0.1) is 0 Å². The Balaban J connectivity index is 1.91. The van der Waals surface area contributed by atoms with Gasteiger partial charge in [-0.3, -0.25) is 13.6 Å². The van der Waals surface area contributed by atoms with E-state index in [9.17, 15) is 21.8 Å². The number of carbonyl (C=O) groups excluding carboxylic acids is 1. The lowest BCUT2D eigenvalue weighted by molar-refractivity contribution is -0.119. The SMILES string of the molecule is CC1=C(CC(=O)NCCS(=O)(=O)O)c2cc(F)ccc2/C1=C/c1ccc(S(C)=O)cc1. The molecule has 0 heterocycles. The summed E-state index contributed by atoms with van der Waals surface area (Å²) in [6.07, 6.45) is 3.48. The highest BCUT2D eigenvalue weighted by molar-refractivity contribution is 7.85. The number of allylic oxidation sites excluding steroid dienone is 2. The van der Waals surface area contributed by atoms with Crippen molar-refractivity contribution < 1.29 is 26.4 Å². The van der Waals surface area contributed by atoms with E-state index in [0.717, 1.165) is 22.3 Å². The highest BCUT2D eigenvalue weighted by Gasteiger charge is 2.25. The van der Waals surface area contributed by atoms with Crippen LogP contribution in [0.25, 0.3) is 17.2 Å². The predicted octanol–water partition coefficient (Wildman–Crippen LogP) is 3.28. The second kappa shape index (κ2) is 9.25. The van der Waals surface area contributed by atoms with Crippen molar-refractivity contribution in [1.82, 2.24) is 5.32 Å². The largest absolute Gasteiger partial charge is 0.355 e. The molecule has 1 aliphatic rings. The normalized spacial score (nSPS) is 15.8. The van der Waals surface area contributed by atoms with Crippen LogP contribution in [0.5, 0.6) is 0 Å². The third kappa shape index (κ3) is 5.75. The van der Waals surface area contributed by atoms with E-state index < -0.39 is 38.4 Å². The van der Waals surface area contributed by atoms with E-state index in [-0.39, 0.29) is 13.0 Å². The van der Waals surface area contributed by atoms with Crippen molar-refractivity contribution in [3.8, 4) is 0 Å². The molecule has 3 rings (SSSR count). The Labute approximate surface area is 183 Å². The molecule has 0 saturated heterocycles. The van der Waals surface area contributed by atoms with Crippen LogP contribution in [0.15, 0.2) is 52.9 Å². The molecule has 0 saturated carbocycles. The molecule has 1 unspecified atom stereocenters. The number of nitrogens with one attached hydrogen (secondary N) is 1. The molecule has 2 aromatic carbocycles. The van der Waals surface area contributed by atoms with E-state index in [1.165, 1.54) is 12.1 Å². The molecule has 0 spiro atoms. The molecule has 31 heavy (non-hydrogen) atoms. The van der Waals surface area contributed by atoms with E-state index in [0.29, 0.717) is 16.0 Å². The minimum Gasteiger partial charge on any atom is -0.355 e. The van der Waals surface area contributed by atoms with Gasteiger partial charge in [0.15, 0.2) is 0 Å². The molecule has 9 heteroatoms. The first kappa shape index (κ1) is 23.1. The van der Waals surface area contributed by atoms with Gasteiger partial charge in [0.25, 0.3) is 10.1 Å². The summed E-state index contributed by atoms with van der Waals surface area (Å²) < 4.78 is 55.9. The van der Waals surface area contributed by atoms with Gasteiger partial charge in [0, 0.05) is 28.5 Å². The minimum absolute atomic E-state index is 0.0567. The van der Waals surface area contributed by atoms with Crippen LogP contribution in [-0.4, -0.2) is 41.6 Å². The Kier molecular flexibility index (Phi) is 6.88. The summed E-state index contributed by atoms with van der Waals surface area (Å²) in [5.74, 6) is -1.43. The van der Waals surface area contributed by atoms with E-state index in [2.05, 4.69) is 5.32 Å². The number of amides is 1. The summed E-state index contributed by atoms with van der Waals surface area (Å²) in [5.41, 5.74) is 4.59. The van der Waals surface area contributed by atoms with Gasteiger partial charge >= 0.3 is 0 Å². The van der Waals surface area contributed by atoms with Gasteiger partial charge in [-0.05, 0) is 70.7 Å². The lowest BCUT2D eigenvalue weighted by atomic mass is 10.0. The van der Waals surface area contributed by atoms with Crippen LogP contribution in [0.4, 0.5) is 4.39 Å². The van der Waals surface area contributed by atoms with Crippen LogP contribution in [-0.2, 0) is 25.7 Å². The fourth-order valence-corrected chi connectivity index (χ4v) is 4.33. The van der Waals surface area contributed by atoms with Crippen molar-refractivity contribution in [2.75, 3.05) is 18.6 Å². The van der Waals surface area contributed by atoms with E-state index in [1.54, 1.807) is 24.5 Å². The molecule has 0 fully saturated rings. The van der Waals surface area contributed by atoms with Gasteiger partial charge in [-0.2, -0.15) is 8.42 Å². The third-order valence-corrected chi connectivity index (χ3v) is 6.65. The van der Waals surface area contributed by atoms with Gasteiger partial charge in [0.1, 0.15) is 5.82 Å². The van der Waals surface area contributed by atoms with Crippen molar-refractivity contribution in [2.45, 2.75) is 18.2 Å². The zero-order valence-corrected chi connectivity index (χ0v) is 18.6. The fraction of sp³-hybridized carbons (Fsp3) is 0.227.